The Bertz CT molecular complexity index is 736. The minimum Gasteiger partial charge on any atom is -0.465 e. The van der Waals surface area contributed by atoms with Gasteiger partial charge in [0, 0.05) is 6.20 Å². The normalized spacial score (nSPS) is 10.5. The quantitative estimate of drug-likeness (QED) is 0.681. The van der Waals surface area contributed by atoms with Crippen LogP contribution in [0, 0.1) is 0 Å². The predicted octanol–water partition coefficient (Wildman–Crippen LogP) is 1.63. The number of hydrogen-bond acceptors (Lipinski definition) is 7. The van der Waals surface area contributed by atoms with E-state index in [1.807, 2.05) is 17.5 Å². The van der Waals surface area contributed by atoms with Crippen LogP contribution in [0.15, 0.2) is 35.8 Å². The van der Waals surface area contributed by atoms with Crippen molar-refractivity contribution >= 4 is 17.3 Å². The molecule has 106 valence electrons. The van der Waals surface area contributed by atoms with Gasteiger partial charge < -0.3 is 4.74 Å². The summed E-state index contributed by atoms with van der Waals surface area (Å²) in [4.78, 5) is 17.9. The summed E-state index contributed by atoms with van der Waals surface area (Å²) in [6.45, 7) is 0.389. The highest BCUT2D eigenvalue weighted by Gasteiger charge is 2.09. The average molecular weight is 301 g/mol. The molecule has 0 saturated carbocycles. The van der Waals surface area contributed by atoms with Gasteiger partial charge in [0.1, 0.15) is 6.54 Å². The summed E-state index contributed by atoms with van der Waals surface area (Å²) >= 11 is 1.56. The number of carbonyl (C=O) groups excluding carboxylic acids is 1. The highest BCUT2D eigenvalue weighted by Crippen LogP contribution is 2.19. The van der Waals surface area contributed by atoms with Crippen molar-refractivity contribution < 1.29 is 9.53 Å². The molecule has 21 heavy (non-hydrogen) atoms. The average Bonchev–Trinajstić information content (AvgIpc) is 3.18. The summed E-state index contributed by atoms with van der Waals surface area (Å²) in [6, 6.07) is 7.27. The molecule has 7 nitrogen and oxygen atoms in total. The molecule has 8 heteroatoms. The van der Waals surface area contributed by atoms with Gasteiger partial charge in [-0.1, -0.05) is 6.07 Å². The molecule has 0 N–H and O–H groups in total. The SMILES string of the molecule is COC(=O)c1ccc(Cn2nnc(-c3cccs3)n2)nc1. The first-order chi connectivity index (χ1) is 10.3. The number of esters is 1. The number of carbonyl (C=O) groups is 1. The molecule has 0 unspecified atom stereocenters. The van der Waals surface area contributed by atoms with Crippen molar-refractivity contribution in [1.29, 1.82) is 0 Å². The Labute approximate surface area is 124 Å². The van der Waals surface area contributed by atoms with E-state index in [1.165, 1.54) is 18.1 Å². The van der Waals surface area contributed by atoms with Gasteiger partial charge >= 0.3 is 5.97 Å². The Morgan fingerprint density at radius 2 is 2.29 bits per heavy atom. The van der Waals surface area contributed by atoms with E-state index < -0.39 is 5.97 Å². The predicted molar refractivity (Wildman–Crippen MR) is 75.8 cm³/mol. The van der Waals surface area contributed by atoms with Gasteiger partial charge in [-0.25, -0.2) is 4.79 Å². The zero-order valence-corrected chi connectivity index (χ0v) is 11.9. The Kier molecular flexibility index (Phi) is 3.69. The molecule has 0 aliphatic rings. The Morgan fingerprint density at radius 3 is 2.95 bits per heavy atom. The van der Waals surface area contributed by atoms with Crippen LogP contribution in [0.5, 0.6) is 0 Å². The standard InChI is InChI=1S/C13H11N5O2S/c1-20-13(19)9-4-5-10(14-7-9)8-18-16-12(15-17-18)11-3-2-6-21-11/h2-7H,8H2,1H3. The van der Waals surface area contributed by atoms with Crippen LogP contribution < -0.4 is 0 Å². The number of thiophene rings is 1. The zero-order valence-electron chi connectivity index (χ0n) is 11.1. The fourth-order valence-electron chi connectivity index (χ4n) is 1.72. The second kappa shape index (κ2) is 5.80. The lowest BCUT2D eigenvalue weighted by molar-refractivity contribution is 0.0600. The van der Waals surface area contributed by atoms with Crippen LogP contribution in [-0.4, -0.2) is 38.3 Å². The van der Waals surface area contributed by atoms with Crippen LogP contribution in [0.25, 0.3) is 10.7 Å². The topological polar surface area (TPSA) is 82.8 Å². The number of rotatable bonds is 4. The van der Waals surface area contributed by atoms with Gasteiger partial charge in [-0.3, -0.25) is 4.98 Å². The molecule has 3 aromatic rings. The largest absolute Gasteiger partial charge is 0.465 e. The van der Waals surface area contributed by atoms with Gasteiger partial charge in [0.15, 0.2) is 0 Å². The summed E-state index contributed by atoms with van der Waals surface area (Å²) < 4.78 is 4.62. The lowest BCUT2D eigenvalue weighted by atomic mass is 10.2. The number of ether oxygens (including phenoxy) is 1. The van der Waals surface area contributed by atoms with Gasteiger partial charge in [0.05, 0.1) is 23.2 Å². The maximum absolute atomic E-state index is 11.3. The number of hydrogen-bond donors (Lipinski definition) is 0. The Hall–Kier alpha value is -2.61. The van der Waals surface area contributed by atoms with Crippen molar-refractivity contribution in [2.45, 2.75) is 6.54 Å². The minimum absolute atomic E-state index is 0.389. The molecule has 0 saturated heterocycles. The fourth-order valence-corrected chi connectivity index (χ4v) is 2.36. The third-order valence-electron chi connectivity index (χ3n) is 2.74. The fraction of sp³-hybridized carbons (Fsp3) is 0.154. The highest BCUT2D eigenvalue weighted by atomic mass is 32.1. The van der Waals surface area contributed by atoms with Crippen LogP contribution in [0.3, 0.4) is 0 Å². The van der Waals surface area contributed by atoms with E-state index in [9.17, 15) is 4.79 Å². The lowest BCUT2D eigenvalue weighted by Gasteiger charge is -2.01. The van der Waals surface area contributed by atoms with Crippen LogP contribution in [0.1, 0.15) is 16.1 Å². The molecule has 0 bridgehead atoms. The molecule has 0 radical (unpaired) electrons. The van der Waals surface area contributed by atoms with Crippen molar-refractivity contribution in [3.63, 3.8) is 0 Å². The number of nitrogens with zero attached hydrogens (tertiary/aromatic N) is 5. The first-order valence-electron chi connectivity index (χ1n) is 6.11. The molecule has 0 atom stereocenters. The van der Waals surface area contributed by atoms with E-state index in [0.29, 0.717) is 17.9 Å². The van der Waals surface area contributed by atoms with Crippen molar-refractivity contribution in [2.75, 3.05) is 7.11 Å². The molecule has 0 amide bonds. The van der Waals surface area contributed by atoms with Gasteiger partial charge in [0.25, 0.3) is 0 Å². The van der Waals surface area contributed by atoms with Gasteiger partial charge in [0.2, 0.25) is 5.82 Å². The van der Waals surface area contributed by atoms with E-state index in [-0.39, 0.29) is 0 Å². The molecule has 3 rings (SSSR count). The smallest absolute Gasteiger partial charge is 0.339 e. The molecule has 3 heterocycles. The summed E-state index contributed by atoms with van der Waals surface area (Å²) in [5, 5.41) is 14.3. The Balaban J connectivity index is 1.73. The Morgan fingerprint density at radius 1 is 1.38 bits per heavy atom. The molecular formula is C13H11N5O2S. The van der Waals surface area contributed by atoms with Crippen molar-refractivity contribution in [3.8, 4) is 10.7 Å². The van der Waals surface area contributed by atoms with Crippen molar-refractivity contribution in [2.24, 2.45) is 0 Å². The maximum Gasteiger partial charge on any atom is 0.339 e. The maximum atomic E-state index is 11.3. The van der Waals surface area contributed by atoms with E-state index in [4.69, 9.17) is 0 Å². The molecule has 3 aromatic heterocycles. The lowest BCUT2D eigenvalue weighted by Crippen LogP contribution is -2.07. The van der Waals surface area contributed by atoms with Crippen LogP contribution >= 0.6 is 11.3 Å². The summed E-state index contributed by atoms with van der Waals surface area (Å²) in [7, 11) is 1.33. The number of tetrazole rings is 1. The van der Waals surface area contributed by atoms with Gasteiger partial charge in [-0.15, -0.1) is 21.5 Å². The summed E-state index contributed by atoms with van der Waals surface area (Å²) in [5.41, 5.74) is 1.14. The van der Waals surface area contributed by atoms with Gasteiger partial charge in [-0.05, 0) is 28.8 Å². The summed E-state index contributed by atoms with van der Waals surface area (Å²) in [6.07, 6.45) is 1.47. The minimum atomic E-state index is -0.409. The van der Waals surface area contributed by atoms with Gasteiger partial charge in [-0.2, -0.15) is 4.80 Å². The number of pyridine rings is 1. The van der Waals surface area contributed by atoms with E-state index >= 15 is 0 Å². The number of aromatic nitrogens is 5. The molecule has 0 aliphatic carbocycles. The third-order valence-corrected chi connectivity index (χ3v) is 3.61. The molecule has 0 spiro atoms. The molecular weight excluding hydrogens is 290 g/mol. The third kappa shape index (κ3) is 2.95. The van der Waals surface area contributed by atoms with Crippen LogP contribution in [-0.2, 0) is 11.3 Å². The number of methoxy groups -OCH3 is 1. The van der Waals surface area contributed by atoms with Crippen LogP contribution in [0.2, 0.25) is 0 Å². The van der Waals surface area contributed by atoms with E-state index in [2.05, 4.69) is 25.1 Å². The highest BCUT2D eigenvalue weighted by molar-refractivity contribution is 7.13. The van der Waals surface area contributed by atoms with Crippen molar-refractivity contribution in [1.82, 2.24) is 25.2 Å². The monoisotopic (exact) mass is 301 g/mol. The second-order valence-electron chi connectivity index (χ2n) is 4.15. The molecule has 0 aliphatic heterocycles. The van der Waals surface area contributed by atoms with E-state index in [1.54, 1.807) is 23.5 Å². The first-order valence-corrected chi connectivity index (χ1v) is 6.99. The second-order valence-corrected chi connectivity index (χ2v) is 5.10. The zero-order chi connectivity index (χ0) is 14.7. The molecule has 0 fully saturated rings. The van der Waals surface area contributed by atoms with E-state index in [0.717, 1.165) is 10.6 Å². The molecule has 0 aromatic carbocycles. The van der Waals surface area contributed by atoms with Crippen LogP contribution in [0.4, 0.5) is 0 Å². The summed E-state index contributed by atoms with van der Waals surface area (Å²) in [5.74, 6) is 0.184. The van der Waals surface area contributed by atoms with Crippen molar-refractivity contribution in [3.05, 3.63) is 47.1 Å². The first kappa shape index (κ1) is 13.4.